The van der Waals surface area contributed by atoms with Crippen LogP contribution in [0.5, 0.6) is 0 Å². The summed E-state index contributed by atoms with van der Waals surface area (Å²) in [5, 5.41) is 9.22. The lowest BCUT2D eigenvalue weighted by Crippen LogP contribution is -2.24. The van der Waals surface area contributed by atoms with Gasteiger partial charge in [0.1, 0.15) is 0 Å². The van der Waals surface area contributed by atoms with Crippen molar-refractivity contribution in [3.63, 3.8) is 0 Å². The molecule has 0 spiro atoms. The number of esters is 2. The molecule has 0 saturated carbocycles. The van der Waals surface area contributed by atoms with Crippen LogP contribution in [-0.4, -0.2) is 35.9 Å². The highest BCUT2D eigenvalue weighted by Crippen LogP contribution is 2.24. The second-order valence-corrected chi connectivity index (χ2v) is 10.0. The van der Waals surface area contributed by atoms with Gasteiger partial charge in [-0.25, -0.2) is 14.4 Å². The van der Waals surface area contributed by atoms with E-state index in [1.807, 2.05) is 12.1 Å². The van der Waals surface area contributed by atoms with Gasteiger partial charge >= 0.3 is 17.9 Å². The van der Waals surface area contributed by atoms with Crippen LogP contribution < -0.4 is 0 Å². The summed E-state index contributed by atoms with van der Waals surface area (Å²) in [4.78, 5) is 35.6. The van der Waals surface area contributed by atoms with Gasteiger partial charge in [-0.3, -0.25) is 0 Å². The Morgan fingerprint density at radius 3 is 2.38 bits per heavy atom. The lowest BCUT2D eigenvalue weighted by Gasteiger charge is -2.19. The molecule has 0 aliphatic heterocycles. The quantitative estimate of drug-likeness (QED) is 0.113. The fourth-order valence-electron chi connectivity index (χ4n) is 2.47. The second-order valence-electron chi connectivity index (χ2n) is 6.56. The highest BCUT2D eigenvalue weighted by Gasteiger charge is 2.20. The van der Waals surface area contributed by atoms with E-state index in [2.05, 4.69) is 74.4 Å². The number of carbonyl (C=O) groups excluding carboxylic acids is 2. The van der Waals surface area contributed by atoms with Crippen molar-refractivity contribution in [2.75, 3.05) is 6.61 Å². The van der Waals surface area contributed by atoms with Gasteiger partial charge < -0.3 is 19.3 Å². The van der Waals surface area contributed by atoms with Crippen molar-refractivity contribution in [2.45, 2.75) is 26.2 Å². The zero-order valence-electron chi connectivity index (χ0n) is 16.9. The lowest BCUT2D eigenvalue weighted by molar-refractivity contribution is -0.180. The van der Waals surface area contributed by atoms with E-state index in [0.29, 0.717) is 0 Å². The van der Waals surface area contributed by atoms with Crippen molar-refractivity contribution in [1.29, 1.82) is 0 Å². The Balaban J connectivity index is 2.05. The molecule has 32 heavy (non-hydrogen) atoms. The van der Waals surface area contributed by atoms with E-state index in [4.69, 9.17) is 14.2 Å². The van der Waals surface area contributed by atoms with Crippen LogP contribution in [0.15, 0.2) is 48.6 Å². The fraction of sp³-hybridized carbons (Fsp3) is 0.227. The predicted molar refractivity (Wildman–Crippen MR) is 142 cm³/mol. The molecule has 10 heteroatoms. The topological polar surface area (TPSA) is 99.1 Å². The molecule has 0 radical (unpaired) electrons. The van der Waals surface area contributed by atoms with Crippen LogP contribution in [0, 0.1) is 10.7 Å². The molecule has 2 rings (SSSR count). The van der Waals surface area contributed by atoms with Crippen molar-refractivity contribution >= 4 is 85.7 Å². The number of carboxylic acids is 1. The number of carbonyl (C=O) groups is 3. The maximum absolute atomic E-state index is 12.3. The minimum Gasteiger partial charge on any atom is -0.478 e. The van der Waals surface area contributed by atoms with Crippen molar-refractivity contribution < 1.29 is 33.7 Å². The number of rotatable bonds is 10. The molecule has 2 aromatic carbocycles. The third-order valence-corrected chi connectivity index (χ3v) is 7.82. The maximum atomic E-state index is 12.3. The van der Waals surface area contributed by atoms with Gasteiger partial charge in [-0.1, -0.05) is 18.7 Å². The number of aromatic carboxylic acids is 1. The Labute approximate surface area is 226 Å². The molecule has 0 heterocycles. The average Bonchev–Trinajstić information content (AvgIpc) is 2.74. The number of hydrogen-bond donors (Lipinski definition) is 1. The van der Waals surface area contributed by atoms with Crippen LogP contribution in [0.3, 0.4) is 0 Å². The number of halogens is 3. The first-order valence-electron chi connectivity index (χ1n) is 9.21. The van der Waals surface area contributed by atoms with Crippen LogP contribution in [0.4, 0.5) is 0 Å². The van der Waals surface area contributed by atoms with E-state index in [1.54, 1.807) is 6.07 Å². The van der Waals surface area contributed by atoms with Gasteiger partial charge in [0.05, 0.1) is 24.3 Å². The largest absolute Gasteiger partial charge is 0.478 e. The van der Waals surface area contributed by atoms with E-state index >= 15 is 0 Å². The van der Waals surface area contributed by atoms with E-state index in [1.165, 1.54) is 25.1 Å². The first-order valence-corrected chi connectivity index (χ1v) is 12.4. The first-order chi connectivity index (χ1) is 15.1. The van der Waals surface area contributed by atoms with E-state index < -0.39 is 24.2 Å². The smallest absolute Gasteiger partial charge is 0.339 e. The Morgan fingerprint density at radius 2 is 1.75 bits per heavy atom. The molecule has 7 nitrogen and oxygen atoms in total. The molecule has 0 aliphatic carbocycles. The molecule has 0 aliphatic rings. The Morgan fingerprint density at radius 1 is 1.09 bits per heavy atom. The number of benzene rings is 2. The van der Waals surface area contributed by atoms with E-state index in [-0.39, 0.29) is 36.3 Å². The van der Waals surface area contributed by atoms with Crippen LogP contribution >= 0.6 is 67.8 Å². The summed E-state index contributed by atoms with van der Waals surface area (Å²) in [6.45, 7) is 5.14. The number of hydrogen-bond acceptors (Lipinski definition) is 6. The fourth-order valence-corrected chi connectivity index (χ4v) is 4.90. The molecular formula is C22H19I3O7. The summed E-state index contributed by atoms with van der Waals surface area (Å²) < 4.78 is 19.5. The van der Waals surface area contributed by atoms with Gasteiger partial charge in [-0.15, -0.1) is 0 Å². The molecule has 2 aromatic rings. The Hall–Kier alpha value is -1.26. The molecule has 0 fully saturated rings. The Bertz CT molecular complexity index is 1040. The van der Waals surface area contributed by atoms with Crippen LogP contribution in [-0.2, 0) is 25.6 Å². The third kappa shape index (κ3) is 7.95. The zero-order valence-corrected chi connectivity index (χ0v) is 23.4. The summed E-state index contributed by atoms with van der Waals surface area (Å²) in [5.41, 5.74) is 0.941. The molecular weight excluding hydrogens is 757 g/mol. The van der Waals surface area contributed by atoms with Gasteiger partial charge in [0.15, 0.2) is 0 Å². The standard InChI is InChI=1S/C22H19I3O7/c1-12(2)21(28)32-18(31-11-13-9-14(23)10-17(24)19(13)25)7-8-30-22(29)16-6-4-3-5-15(16)20(26)27/h3-6,9-10,18H,1,7-8,11H2,2H3,(H,26,27). The summed E-state index contributed by atoms with van der Waals surface area (Å²) in [6, 6.07) is 9.79. The van der Waals surface area contributed by atoms with Crippen molar-refractivity contribution in [3.8, 4) is 0 Å². The molecule has 1 N–H and O–H groups in total. The van der Waals surface area contributed by atoms with E-state index in [0.717, 1.165) is 16.3 Å². The number of carboxylic acid groups (broad SMARTS) is 1. The predicted octanol–water partition coefficient (Wildman–Crippen LogP) is 5.41. The van der Waals surface area contributed by atoms with Gasteiger partial charge in [0.2, 0.25) is 6.29 Å². The lowest BCUT2D eigenvalue weighted by atomic mass is 10.1. The minimum absolute atomic E-state index is 0.0561. The molecule has 0 aromatic heterocycles. The second kappa shape index (κ2) is 12.8. The zero-order chi connectivity index (χ0) is 23.8. The minimum atomic E-state index is -1.23. The normalized spacial score (nSPS) is 11.5. The highest BCUT2D eigenvalue weighted by atomic mass is 127. The summed E-state index contributed by atoms with van der Waals surface area (Å²) in [6.07, 6.45) is -0.912. The van der Waals surface area contributed by atoms with Crippen LogP contribution in [0.25, 0.3) is 0 Å². The average molecular weight is 776 g/mol. The van der Waals surface area contributed by atoms with Crippen LogP contribution in [0.2, 0.25) is 0 Å². The van der Waals surface area contributed by atoms with Crippen molar-refractivity contribution in [3.05, 3.63) is 76.0 Å². The molecule has 1 unspecified atom stereocenters. The summed E-state index contributed by atoms with van der Waals surface area (Å²) in [5.74, 6) is -2.63. The first kappa shape index (κ1) is 27.0. The van der Waals surface area contributed by atoms with Gasteiger partial charge in [0, 0.05) is 22.7 Å². The highest BCUT2D eigenvalue weighted by molar-refractivity contribution is 14.1. The molecule has 0 amide bonds. The summed E-state index contributed by atoms with van der Waals surface area (Å²) in [7, 11) is 0. The Kier molecular flexibility index (Phi) is 10.8. The molecule has 0 saturated heterocycles. The number of ether oxygens (including phenoxy) is 3. The van der Waals surface area contributed by atoms with Gasteiger partial charge in [-0.05, 0) is 105 Å². The van der Waals surface area contributed by atoms with Crippen LogP contribution in [0.1, 0.15) is 39.6 Å². The summed E-state index contributed by atoms with van der Waals surface area (Å²) >= 11 is 6.68. The molecule has 0 bridgehead atoms. The van der Waals surface area contributed by atoms with Crippen molar-refractivity contribution in [1.82, 2.24) is 0 Å². The third-order valence-electron chi connectivity index (χ3n) is 4.04. The molecule has 1 atom stereocenters. The van der Waals surface area contributed by atoms with Crippen molar-refractivity contribution in [2.24, 2.45) is 0 Å². The monoisotopic (exact) mass is 776 g/mol. The van der Waals surface area contributed by atoms with Gasteiger partial charge in [0.25, 0.3) is 0 Å². The van der Waals surface area contributed by atoms with Gasteiger partial charge in [-0.2, -0.15) is 0 Å². The van der Waals surface area contributed by atoms with E-state index in [9.17, 15) is 19.5 Å². The SMILES string of the molecule is C=C(C)C(=O)OC(CCOC(=O)c1ccccc1C(=O)O)OCc1cc(I)cc(I)c1I. The maximum Gasteiger partial charge on any atom is 0.339 e. The molecule has 170 valence electrons.